The van der Waals surface area contributed by atoms with Crippen molar-refractivity contribution in [1.82, 2.24) is 4.90 Å². The first-order chi connectivity index (χ1) is 9.04. The van der Waals surface area contributed by atoms with Gasteiger partial charge in [-0.3, -0.25) is 4.90 Å². The van der Waals surface area contributed by atoms with Crippen molar-refractivity contribution in [2.75, 3.05) is 6.54 Å². The van der Waals surface area contributed by atoms with Gasteiger partial charge in [0, 0.05) is 18.1 Å². The fourth-order valence-corrected chi connectivity index (χ4v) is 4.03. The number of benzene rings is 1. The minimum absolute atomic E-state index is 0.411. The molecule has 1 aliphatic carbocycles. The molecule has 0 unspecified atom stereocenters. The van der Waals surface area contributed by atoms with E-state index in [0.717, 1.165) is 5.92 Å². The molecule has 1 aliphatic heterocycles. The summed E-state index contributed by atoms with van der Waals surface area (Å²) in [5, 5.41) is 0. The third kappa shape index (κ3) is 2.12. The minimum Gasteiger partial charge on any atom is -0.291 e. The standard InChI is InChI=1S/C18H27N/c1-13(2)12-15-6-5-7-17-16(15)8-11-19(14(3)4)18(17)9-10-18/h5-7,13-14H,8-12H2,1-4H3. The van der Waals surface area contributed by atoms with Gasteiger partial charge in [-0.15, -0.1) is 0 Å². The summed E-state index contributed by atoms with van der Waals surface area (Å²) in [5.74, 6) is 0.754. The predicted octanol–water partition coefficient (Wildman–Crippen LogP) is 4.14. The lowest BCUT2D eigenvalue weighted by Gasteiger charge is -2.41. The summed E-state index contributed by atoms with van der Waals surface area (Å²) in [7, 11) is 0. The quantitative estimate of drug-likeness (QED) is 0.786. The SMILES string of the molecule is CC(C)Cc1cccc2c1CCN(C(C)C)C21CC1. The predicted molar refractivity (Wildman–Crippen MR) is 81.4 cm³/mol. The van der Waals surface area contributed by atoms with Crippen molar-refractivity contribution in [3.05, 3.63) is 34.9 Å². The molecule has 104 valence electrons. The molecule has 1 heteroatoms. The van der Waals surface area contributed by atoms with E-state index >= 15 is 0 Å². The molecule has 0 aromatic heterocycles. The molecule has 0 bridgehead atoms. The van der Waals surface area contributed by atoms with E-state index in [0.29, 0.717) is 11.6 Å². The molecule has 1 spiro atoms. The van der Waals surface area contributed by atoms with Crippen LogP contribution in [-0.2, 0) is 18.4 Å². The van der Waals surface area contributed by atoms with Crippen LogP contribution in [0, 0.1) is 5.92 Å². The second-order valence-electron chi connectivity index (χ2n) is 7.11. The van der Waals surface area contributed by atoms with E-state index in [4.69, 9.17) is 0 Å². The summed E-state index contributed by atoms with van der Waals surface area (Å²) in [4.78, 5) is 2.74. The van der Waals surface area contributed by atoms with Crippen LogP contribution in [0.25, 0.3) is 0 Å². The van der Waals surface area contributed by atoms with Gasteiger partial charge in [0.2, 0.25) is 0 Å². The molecule has 0 saturated heterocycles. The maximum absolute atomic E-state index is 2.74. The number of fused-ring (bicyclic) bond motifs is 2. The highest BCUT2D eigenvalue weighted by molar-refractivity contribution is 5.45. The molecule has 0 N–H and O–H groups in total. The van der Waals surface area contributed by atoms with Crippen LogP contribution in [0.1, 0.15) is 57.2 Å². The van der Waals surface area contributed by atoms with Gasteiger partial charge in [0.1, 0.15) is 0 Å². The van der Waals surface area contributed by atoms with Gasteiger partial charge >= 0.3 is 0 Å². The number of nitrogens with zero attached hydrogens (tertiary/aromatic N) is 1. The average Bonchev–Trinajstić information content (AvgIpc) is 3.10. The van der Waals surface area contributed by atoms with E-state index in [1.54, 1.807) is 16.7 Å². The highest BCUT2D eigenvalue weighted by Gasteiger charge is 2.52. The van der Waals surface area contributed by atoms with Crippen molar-refractivity contribution >= 4 is 0 Å². The summed E-state index contributed by atoms with van der Waals surface area (Å²) < 4.78 is 0. The summed E-state index contributed by atoms with van der Waals surface area (Å²) in [5.41, 5.74) is 5.37. The van der Waals surface area contributed by atoms with Crippen LogP contribution in [0.5, 0.6) is 0 Å². The lowest BCUT2D eigenvalue weighted by molar-refractivity contribution is 0.122. The maximum atomic E-state index is 2.74. The van der Waals surface area contributed by atoms with Crippen LogP contribution in [0.15, 0.2) is 18.2 Å². The summed E-state index contributed by atoms with van der Waals surface area (Å²) in [6, 6.07) is 7.73. The van der Waals surface area contributed by atoms with Gasteiger partial charge in [0.15, 0.2) is 0 Å². The molecule has 3 rings (SSSR count). The molecule has 1 heterocycles. The number of rotatable bonds is 3. The Hall–Kier alpha value is -0.820. The third-order valence-corrected chi connectivity index (χ3v) is 4.90. The molecule has 19 heavy (non-hydrogen) atoms. The van der Waals surface area contributed by atoms with E-state index in [1.807, 2.05) is 0 Å². The second kappa shape index (κ2) is 4.63. The van der Waals surface area contributed by atoms with Crippen molar-refractivity contribution in [2.45, 2.75) is 65.0 Å². The summed E-state index contributed by atoms with van der Waals surface area (Å²) in [6.45, 7) is 10.6. The molecule has 0 atom stereocenters. The van der Waals surface area contributed by atoms with E-state index in [1.165, 1.54) is 32.2 Å². The lowest BCUT2D eigenvalue weighted by atomic mass is 9.84. The summed E-state index contributed by atoms with van der Waals surface area (Å²) >= 11 is 0. The molecule has 1 aromatic rings. The van der Waals surface area contributed by atoms with Gasteiger partial charge in [0.05, 0.1) is 0 Å². The zero-order valence-electron chi connectivity index (χ0n) is 12.9. The van der Waals surface area contributed by atoms with Gasteiger partial charge in [-0.2, -0.15) is 0 Å². The van der Waals surface area contributed by atoms with Gasteiger partial charge in [-0.25, -0.2) is 0 Å². The first-order valence-electron chi connectivity index (χ1n) is 7.92. The van der Waals surface area contributed by atoms with E-state index in [9.17, 15) is 0 Å². The van der Waals surface area contributed by atoms with Crippen molar-refractivity contribution in [2.24, 2.45) is 5.92 Å². The van der Waals surface area contributed by atoms with Crippen molar-refractivity contribution in [1.29, 1.82) is 0 Å². The molecule has 1 fully saturated rings. The Balaban J connectivity index is 2.01. The zero-order chi connectivity index (χ0) is 13.6. The number of hydrogen-bond donors (Lipinski definition) is 0. The molecule has 1 saturated carbocycles. The first-order valence-corrected chi connectivity index (χ1v) is 7.92. The fourth-order valence-electron chi connectivity index (χ4n) is 4.03. The van der Waals surface area contributed by atoms with Gasteiger partial charge in [0.25, 0.3) is 0 Å². The Morgan fingerprint density at radius 3 is 2.47 bits per heavy atom. The van der Waals surface area contributed by atoms with Crippen LogP contribution in [0.4, 0.5) is 0 Å². The molecular formula is C18H27N. The monoisotopic (exact) mass is 257 g/mol. The third-order valence-electron chi connectivity index (χ3n) is 4.90. The van der Waals surface area contributed by atoms with E-state index < -0.39 is 0 Å². The van der Waals surface area contributed by atoms with Crippen LogP contribution < -0.4 is 0 Å². The normalized spacial score (nSPS) is 21.2. The zero-order valence-corrected chi connectivity index (χ0v) is 12.9. The second-order valence-corrected chi connectivity index (χ2v) is 7.11. The van der Waals surface area contributed by atoms with Crippen molar-refractivity contribution in [3.8, 4) is 0 Å². The first kappa shape index (κ1) is 13.2. The molecule has 1 aromatic carbocycles. The van der Waals surface area contributed by atoms with E-state index in [2.05, 4.69) is 50.8 Å². The Kier molecular flexibility index (Phi) is 3.21. The maximum Gasteiger partial charge on any atom is 0.0467 e. The van der Waals surface area contributed by atoms with Gasteiger partial charge in [-0.05, 0) is 62.1 Å². The Labute approximate surface area is 118 Å². The minimum atomic E-state index is 0.411. The molecule has 0 amide bonds. The lowest BCUT2D eigenvalue weighted by Crippen LogP contribution is -2.45. The van der Waals surface area contributed by atoms with Crippen LogP contribution in [-0.4, -0.2) is 17.5 Å². The van der Waals surface area contributed by atoms with Crippen LogP contribution in [0.3, 0.4) is 0 Å². The fraction of sp³-hybridized carbons (Fsp3) is 0.667. The largest absolute Gasteiger partial charge is 0.291 e. The van der Waals surface area contributed by atoms with E-state index in [-0.39, 0.29) is 0 Å². The van der Waals surface area contributed by atoms with Crippen molar-refractivity contribution in [3.63, 3.8) is 0 Å². The Morgan fingerprint density at radius 2 is 1.89 bits per heavy atom. The molecular weight excluding hydrogens is 230 g/mol. The summed E-state index contributed by atoms with van der Waals surface area (Å²) in [6.07, 6.45) is 5.21. The highest BCUT2D eigenvalue weighted by Crippen LogP contribution is 2.55. The smallest absolute Gasteiger partial charge is 0.0467 e. The van der Waals surface area contributed by atoms with Crippen molar-refractivity contribution < 1.29 is 0 Å². The van der Waals surface area contributed by atoms with Gasteiger partial charge < -0.3 is 0 Å². The average molecular weight is 257 g/mol. The Bertz CT molecular complexity index is 469. The number of hydrogen-bond acceptors (Lipinski definition) is 1. The molecule has 2 aliphatic rings. The van der Waals surface area contributed by atoms with Crippen LogP contribution >= 0.6 is 0 Å². The molecule has 0 radical (unpaired) electrons. The highest BCUT2D eigenvalue weighted by atomic mass is 15.3. The molecule has 1 nitrogen and oxygen atoms in total. The van der Waals surface area contributed by atoms with Crippen LogP contribution in [0.2, 0.25) is 0 Å². The Morgan fingerprint density at radius 1 is 1.16 bits per heavy atom. The van der Waals surface area contributed by atoms with Gasteiger partial charge in [-0.1, -0.05) is 32.0 Å². The topological polar surface area (TPSA) is 3.24 Å².